The van der Waals surface area contributed by atoms with E-state index in [1.54, 1.807) is 0 Å². The number of nitrogens with zero attached hydrogens (tertiary/aromatic N) is 1. The average Bonchev–Trinajstić information content (AvgIpc) is 3.15. The van der Waals surface area contributed by atoms with Crippen LogP contribution in [0.4, 0.5) is 23.7 Å². The fourth-order valence-corrected chi connectivity index (χ4v) is 2.79. The Morgan fingerprint density at radius 3 is 2.15 bits per heavy atom. The van der Waals surface area contributed by atoms with Gasteiger partial charge in [0.1, 0.15) is 18.8 Å². The number of rotatable bonds is 9. The summed E-state index contributed by atoms with van der Waals surface area (Å²) in [6.45, 7) is 9.24. The molecule has 0 aromatic carbocycles. The molecule has 3 N–H and O–H groups in total. The van der Waals surface area contributed by atoms with Gasteiger partial charge < -0.3 is 26.9 Å². The first-order valence-corrected chi connectivity index (χ1v) is 10.2. The molecule has 1 saturated heterocycles. The van der Waals surface area contributed by atoms with E-state index >= 15 is 0 Å². The Hall–Kier alpha value is -1.57. The molecule has 1 rings (SSSR count). The van der Waals surface area contributed by atoms with Crippen molar-refractivity contribution < 1.29 is 73.7 Å². The van der Waals surface area contributed by atoms with Crippen molar-refractivity contribution in [1.29, 1.82) is 0 Å². The van der Waals surface area contributed by atoms with Gasteiger partial charge in [-0.3, -0.25) is 23.8 Å². The number of nitrogens with one attached hydrogen (secondary N) is 3. The molecule has 1 aliphatic heterocycles. The van der Waals surface area contributed by atoms with E-state index < -0.39 is 36.9 Å². The maximum absolute atomic E-state index is 12.6. The monoisotopic (exact) mass is 498 g/mol. The Bertz CT molecular complexity index is 610. The number of esters is 1. The van der Waals surface area contributed by atoms with Crippen molar-refractivity contribution in [2.24, 2.45) is 0 Å². The normalized spacial score (nSPS) is 15.9. The van der Waals surface area contributed by atoms with E-state index in [4.69, 9.17) is 9.47 Å². The number of carbonyl (C=O) groups excluding carboxylic acids is 4. The maximum Gasteiger partial charge on any atom is 1.00 e. The average molecular weight is 499 g/mol. The van der Waals surface area contributed by atoms with Crippen LogP contribution in [0, 0.1) is 0 Å². The van der Waals surface area contributed by atoms with Crippen LogP contribution in [0.3, 0.4) is 0 Å². The molecule has 1 fully saturated rings. The molecule has 0 bridgehead atoms. The van der Waals surface area contributed by atoms with Crippen molar-refractivity contribution >= 4 is 24.0 Å². The van der Waals surface area contributed by atoms with Gasteiger partial charge in [-0.15, -0.1) is 0 Å². The summed E-state index contributed by atoms with van der Waals surface area (Å²) in [4.78, 5) is 49.6. The molecule has 0 radical (unpaired) electrons. The molecule has 14 heteroatoms. The first-order valence-electron chi connectivity index (χ1n) is 10.2. The van der Waals surface area contributed by atoms with Crippen LogP contribution in [0.1, 0.15) is 61.7 Å². The molecular formula is C19H38F3N4NaO6. The van der Waals surface area contributed by atoms with Gasteiger partial charge in [0.05, 0.1) is 6.10 Å². The zero-order valence-electron chi connectivity index (χ0n) is 21.2. The third-order valence-electron chi connectivity index (χ3n) is 4.48. The van der Waals surface area contributed by atoms with Gasteiger partial charge in [-0.05, 0) is 46.5 Å². The van der Waals surface area contributed by atoms with Gasteiger partial charge >= 0.3 is 47.7 Å². The minimum Gasteiger partial charge on any atom is -1.00 e. The van der Waals surface area contributed by atoms with E-state index in [-0.39, 0.29) is 63.2 Å². The van der Waals surface area contributed by atoms with Crippen LogP contribution in [0.2, 0.25) is 0 Å². The number of hydrogen-bond acceptors (Lipinski definition) is 6. The Labute approximate surface area is 216 Å². The molecule has 4 amide bonds. The van der Waals surface area contributed by atoms with E-state index in [9.17, 15) is 19.2 Å². The summed E-state index contributed by atoms with van der Waals surface area (Å²) < 4.78 is 10.4. The summed E-state index contributed by atoms with van der Waals surface area (Å²) in [5, 5.41) is 7.75. The zero-order chi connectivity index (χ0) is 22.0. The molecule has 192 valence electrons. The van der Waals surface area contributed by atoms with Crippen molar-refractivity contribution in [2.45, 2.75) is 84.7 Å². The summed E-state index contributed by atoms with van der Waals surface area (Å²) in [5.41, 5.74) is 0. The van der Waals surface area contributed by atoms with Gasteiger partial charge in [-0.2, -0.15) is 0 Å². The molecule has 0 saturated carbocycles. The van der Waals surface area contributed by atoms with Gasteiger partial charge in [0.25, 0.3) is 0 Å². The summed E-state index contributed by atoms with van der Waals surface area (Å²) in [6.07, 6.45) is 1.04. The minimum atomic E-state index is -0.894. The zero-order valence-corrected chi connectivity index (χ0v) is 22.2. The third kappa shape index (κ3) is 14.3. The molecule has 3 unspecified atom stereocenters. The Morgan fingerprint density at radius 2 is 1.64 bits per heavy atom. The van der Waals surface area contributed by atoms with E-state index in [1.165, 1.54) is 4.90 Å². The van der Waals surface area contributed by atoms with Gasteiger partial charge in [0, 0.05) is 12.6 Å². The Kier molecular flexibility index (Phi) is 23.3. The van der Waals surface area contributed by atoms with Crippen molar-refractivity contribution in [3.8, 4) is 0 Å². The quantitative estimate of drug-likeness (QED) is 0.163. The Morgan fingerprint density at radius 1 is 1.03 bits per heavy atom. The second-order valence-electron chi connectivity index (χ2n) is 7.32. The van der Waals surface area contributed by atoms with Gasteiger partial charge in [-0.1, -0.05) is 13.8 Å². The van der Waals surface area contributed by atoms with Crippen LogP contribution < -0.4 is 45.5 Å². The van der Waals surface area contributed by atoms with E-state index in [1.807, 2.05) is 34.6 Å². The Balaban J connectivity index is -0.000000561. The van der Waals surface area contributed by atoms with Gasteiger partial charge in [0.15, 0.2) is 0 Å². The number of urea groups is 1. The summed E-state index contributed by atoms with van der Waals surface area (Å²) in [7, 11) is 0. The van der Waals surface area contributed by atoms with Crippen LogP contribution in [-0.4, -0.2) is 66.4 Å². The van der Waals surface area contributed by atoms with Crippen LogP contribution in [0.15, 0.2) is 0 Å². The van der Waals surface area contributed by atoms with Crippen molar-refractivity contribution in [1.82, 2.24) is 20.9 Å². The third-order valence-corrected chi connectivity index (χ3v) is 4.48. The standard InChI is InChI=1S/C19H34N4O6.3FH.Na.H/c1-6-13(5)21-18(26)20-11-16(24)29-19(27)23-10-8-9-14(23)17(25)22-15(7-2)28-12(3)4;;;;;/h12-15H,6-11H2,1-5H3,(H,22,25)(H2,20,21,26);3*1H;;/q;;;;+1;-1. The minimum absolute atomic E-state index is 0. The predicted molar refractivity (Wildman–Crippen MR) is 115 cm³/mol. The fraction of sp³-hybridized carbons (Fsp3) is 0.789. The first kappa shape index (κ1) is 38.7. The number of carbonyl (C=O) groups is 4. The van der Waals surface area contributed by atoms with Crippen molar-refractivity contribution in [3.05, 3.63) is 0 Å². The molecule has 1 heterocycles. The second-order valence-corrected chi connectivity index (χ2v) is 7.32. The van der Waals surface area contributed by atoms with Crippen LogP contribution in [0.5, 0.6) is 0 Å². The van der Waals surface area contributed by atoms with Crippen LogP contribution in [-0.2, 0) is 19.1 Å². The molecule has 3 atom stereocenters. The molecule has 0 aromatic rings. The number of halogens is 3. The number of amides is 4. The molecule has 33 heavy (non-hydrogen) atoms. The number of ether oxygens (including phenoxy) is 2. The smallest absolute Gasteiger partial charge is 1.00 e. The molecule has 0 aromatic heterocycles. The molecular weight excluding hydrogens is 460 g/mol. The van der Waals surface area contributed by atoms with E-state index in [2.05, 4.69) is 16.0 Å². The maximum atomic E-state index is 12.6. The topological polar surface area (TPSA) is 126 Å². The summed E-state index contributed by atoms with van der Waals surface area (Å²) in [6, 6.07) is -1.28. The number of hydrogen-bond donors (Lipinski definition) is 3. The molecule has 0 aliphatic carbocycles. The predicted octanol–water partition coefficient (Wildman–Crippen LogP) is -0.937. The van der Waals surface area contributed by atoms with E-state index in [0.717, 1.165) is 6.42 Å². The second kappa shape index (κ2) is 19.9. The molecule has 0 spiro atoms. The van der Waals surface area contributed by atoms with Crippen molar-refractivity contribution in [2.75, 3.05) is 13.1 Å². The van der Waals surface area contributed by atoms with Gasteiger partial charge in [0.2, 0.25) is 5.91 Å². The summed E-state index contributed by atoms with van der Waals surface area (Å²) in [5.74, 6) is -1.24. The van der Waals surface area contributed by atoms with E-state index in [0.29, 0.717) is 25.8 Å². The summed E-state index contributed by atoms with van der Waals surface area (Å²) >= 11 is 0. The van der Waals surface area contributed by atoms with Crippen molar-refractivity contribution in [3.63, 3.8) is 0 Å². The molecule has 10 nitrogen and oxygen atoms in total. The SMILES string of the molecule is CCC(C)NC(=O)NCC(=O)OC(=O)N1CCCC1C(=O)NC(CC)OC(C)C.F.F.F.[H-].[Na+]. The van der Waals surface area contributed by atoms with Crippen LogP contribution >= 0.6 is 0 Å². The largest absolute Gasteiger partial charge is 1.00 e. The molecule has 1 aliphatic rings. The fourth-order valence-electron chi connectivity index (χ4n) is 2.79. The van der Waals surface area contributed by atoms with Gasteiger partial charge in [-0.25, -0.2) is 14.4 Å². The first-order chi connectivity index (χ1) is 13.7. The number of likely N-dealkylation sites (tertiary alicyclic amines) is 1. The van der Waals surface area contributed by atoms with Crippen LogP contribution in [0.25, 0.3) is 0 Å².